The van der Waals surface area contributed by atoms with Crippen molar-refractivity contribution in [1.29, 1.82) is 0 Å². The zero-order chi connectivity index (χ0) is 20.1. The van der Waals surface area contributed by atoms with E-state index >= 15 is 0 Å². The maximum Gasteiger partial charge on any atom is 0.274 e. The van der Waals surface area contributed by atoms with Crippen LogP contribution < -0.4 is 10.6 Å². The van der Waals surface area contributed by atoms with Gasteiger partial charge in [-0.1, -0.05) is 41.9 Å². The Bertz CT molecular complexity index is 1070. The molecule has 6 nitrogen and oxygen atoms in total. The van der Waals surface area contributed by atoms with Crippen LogP contribution in [0.1, 0.15) is 38.3 Å². The van der Waals surface area contributed by atoms with Crippen molar-refractivity contribution in [3.63, 3.8) is 0 Å². The number of benzene rings is 2. The Morgan fingerprint density at radius 3 is 2.14 bits per heavy atom. The first kappa shape index (κ1) is 19.3. The predicted molar refractivity (Wildman–Crippen MR) is 108 cm³/mol. The topological polar surface area (TPSA) is 88.2 Å². The number of carbonyl (C=O) groups excluding carboxylic acids is 3. The maximum absolute atomic E-state index is 12.5. The summed E-state index contributed by atoms with van der Waals surface area (Å²) in [5.41, 5.74) is 1.54. The average molecular weight is 394 g/mol. The lowest BCUT2D eigenvalue weighted by Gasteiger charge is -2.09. The van der Waals surface area contributed by atoms with Crippen LogP contribution in [0.3, 0.4) is 0 Å². The number of amides is 2. The normalized spacial score (nSPS) is 10.2. The van der Waals surface area contributed by atoms with Crippen molar-refractivity contribution in [3.05, 3.63) is 88.7 Å². The lowest BCUT2D eigenvalue weighted by molar-refractivity contribution is 0.100. The molecular formula is C21H16ClN3O3. The number of nitrogens with zero attached hydrogens (tertiary/aromatic N) is 1. The molecule has 0 radical (unpaired) electrons. The van der Waals surface area contributed by atoms with Gasteiger partial charge in [0.25, 0.3) is 11.8 Å². The molecule has 2 amide bonds. The second kappa shape index (κ2) is 8.45. The SMILES string of the molecule is CC(=O)c1cccc(NC(=O)c2cccc(C(=O)Nc3ccccc3Cl)n2)c1. The minimum Gasteiger partial charge on any atom is -0.321 e. The third kappa shape index (κ3) is 4.61. The van der Waals surface area contributed by atoms with Gasteiger partial charge in [-0.2, -0.15) is 0 Å². The molecule has 140 valence electrons. The number of hydrogen-bond donors (Lipinski definition) is 2. The van der Waals surface area contributed by atoms with Gasteiger partial charge in [0.05, 0.1) is 10.7 Å². The van der Waals surface area contributed by atoms with Crippen molar-refractivity contribution < 1.29 is 14.4 Å². The summed E-state index contributed by atoms with van der Waals surface area (Å²) in [5.74, 6) is -1.08. The molecule has 0 unspecified atom stereocenters. The lowest BCUT2D eigenvalue weighted by atomic mass is 10.1. The van der Waals surface area contributed by atoms with Crippen molar-refractivity contribution in [2.45, 2.75) is 6.92 Å². The smallest absolute Gasteiger partial charge is 0.274 e. The van der Waals surface area contributed by atoms with Crippen LogP contribution in [0.5, 0.6) is 0 Å². The van der Waals surface area contributed by atoms with Crippen molar-refractivity contribution in [2.75, 3.05) is 10.6 Å². The molecule has 0 saturated carbocycles. The summed E-state index contributed by atoms with van der Waals surface area (Å²) in [6.07, 6.45) is 0. The Hall–Kier alpha value is -3.51. The van der Waals surface area contributed by atoms with Crippen molar-refractivity contribution >= 4 is 40.6 Å². The van der Waals surface area contributed by atoms with E-state index < -0.39 is 11.8 Å². The molecule has 28 heavy (non-hydrogen) atoms. The number of Topliss-reactive ketones (excluding diaryl/α,β-unsaturated/α-hetero) is 1. The van der Waals surface area contributed by atoms with Crippen LogP contribution in [-0.4, -0.2) is 22.6 Å². The first-order chi connectivity index (χ1) is 13.4. The molecule has 1 aromatic heterocycles. The summed E-state index contributed by atoms with van der Waals surface area (Å²) < 4.78 is 0. The van der Waals surface area contributed by atoms with E-state index in [-0.39, 0.29) is 17.2 Å². The van der Waals surface area contributed by atoms with E-state index in [2.05, 4.69) is 15.6 Å². The number of aromatic nitrogens is 1. The molecule has 2 N–H and O–H groups in total. The third-order valence-electron chi connectivity index (χ3n) is 3.86. The van der Waals surface area contributed by atoms with Crippen LogP contribution in [0, 0.1) is 0 Å². The highest BCUT2D eigenvalue weighted by Gasteiger charge is 2.14. The van der Waals surface area contributed by atoms with Crippen molar-refractivity contribution in [1.82, 2.24) is 4.98 Å². The summed E-state index contributed by atoms with van der Waals surface area (Å²) in [5, 5.41) is 5.73. The van der Waals surface area contributed by atoms with Gasteiger partial charge in [0, 0.05) is 11.3 Å². The highest BCUT2D eigenvalue weighted by atomic mass is 35.5. The second-order valence-corrected chi connectivity index (χ2v) is 6.34. The minimum absolute atomic E-state index is 0.0695. The Labute approximate surface area is 166 Å². The van der Waals surface area contributed by atoms with Gasteiger partial charge in [-0.25, -0.2) is 4.98 Å². The van der Waals surface area contributed by atoms with Crippen LogP contribution in [0.4, 0.5) is 11.4 Å². The van der Waals surface area contributed by atoms with Crippen LogP contribution in [0.2, 0.25) is 5.02 Å². The first-order valence-corrected chi connectivity index (χ1v) is 8.77. The molecule has 0 atom stereocenters. The van der Waals surface area contributed by atoms with Gasteiger partial charge in [-0.05, 0) is 43.3 Å². The molecule has 0 fully saturated rings. The zero-order valence-corrected chi connectivity index (χ0v) is 15.7. The molecule has 0 aliphatic carbocycles. The van der Waals surface area contributed by atoms with E-state index in [4.69, 9.17) is 11.6 Å². The highest BCUT2D eigenvalue weighted by molar-refractivity contribution is 6.33. The van der Waals surface area contributed by atoms with Gasteiger partial charge in [-0.3, -0.25) is 14.4 Å². The summed E-state index contributed by atoms with van der Waals surface area (Å²) in [7, 11) is 0. The summed E-state index contributed by atoms with van der Waals surface area (Å²) >= 11 is 6.04. The van der Waals surface area contributed by atoms with E-state index in [9.17, 15) is 14.4 Å². The second-order valence-electron chi connectivity index (χ2n) is 5.93. The number of rotatable bonds is 5. The average Bonchev–Trinajstić information content (AvgIpc) is 2.70. The van der Waals surface area contributed by atoms with Crippen LogP contribution in [-0.2, 0) is 0 Å². The molecular weight excluding hydrogens is 378 g/mol. The fourth-order valence-corrected chi connectivity index (χ4v) is 2.63. The number of para-hydroxylation sites is 1. The molecule has 0 aliphatic heterocycles. The number of hydrogen-bond acceptors (Lipinski definition) is 4. The largest absolute Gasteiger partial charge is 0.321 e. The van der Waals surface area contributed by atoms with Crippen molar-refractivity contribution in [3.8, 4) is 0 Å². The molecule has 3 aromatic rings. The van der Waals surface area contributed by atoms with Gasteiger partial charge in [-0.15, -0.1) is 0 Å². The Kier molecular flexibility index (Phi) is 5.81. The number of ketones is 1. The molecule has 0 bridgehead atoms. The number of pyridine rings is 1. The van der Waals surface area contributed by atoms with Crippen molar-refractivity contribution in [2.24, 2.45) is 0 Å². The standard InChI is InChI=1S/C21H16ClN3O3/c1-13(26)14-6-4-7-15(12-14)23-20(27)18-10-5-11-19(24-18)21(28)25-17-9-3-2-8-16(17)22/h2-12H,1H3,(H,23,27)(H,25,28). The van der Waals surface area contributed by atoms with Gasteiger partial charge >= 0.3 is 0 Å². The number of carbonyl (C=O) groups is 3. The van der Waals surface area contributed by atoms with E-state index in [0.29, 0.717) is 22.0 Å². The van der Waals surface area contributed by atoms with Gasteiger partial charge in [0.15, 0.2) is 5.78 Å². The van der Waals surface area contributed by atoms with Gasteiger partial charge < -0.3 is 10.6 Å². The summed E-state index contributed by atoms with van der Waals surface area (Å²) in [6.45, 7) is 1.45. The number of nitrogens with one attached hydrogen (secondary N) is 2. The molecule has 7 heteroatoms. The quantitative estimate of drug-likeness (QED) is 0.627. The Morgan fingerprint density at radius 1 is 0.821 bits per heavy atom. The zero-order valence-electron chi connectivity index (χ0n) is 14.9. The minimum atomic E-state index is -0.493. The van der Waals surface area contributed by atoms with E-state index in [1.165, 1.54) is 19.1 Å². The molecule has 0 saturated heterocycles. The molecule has 1 heterocycles. The number of anilines is 2. The van der Waals surface area contributed by atoms with E-state index in [0.717, 1.165) is 0 Å². The molecule has 3 rings (SSSR count). The third-order valence-corrected chi connectivity index (χ3v) is 4.19. The predicted octanol–water partition coefficient (Wildman–Crippen LogP) is 4.44. The monoisotopic (exact) mass is 393 g/mol. The molecule has 0 spiro atoms. The first-order valence-electron chi connectivity index (χ1n) is 8.39. The fourth-order valence-electron chi connectivity index (χ4n) is 2.45. The van der Waals surface area contributed by atoms with E-state index in [1.54, 1.807) is 54.6 Å². The van der Waals surface area contributed by atoms with Gasteiger partial charge in [0.1, 0.15) is 11.4 Å². The summed E-state index contributed by atoms with van der Waals surface area (Å²) in [6, 6.07) is 18.0. The highest BCUT2D eigenvalue weighted by Crippen LogP contribution is 2.21. The Morgan fingerprint density at radius 2 is 1.46 bits per heavy atom. The molecule has 0 aliphatic rings. The number of halogens is 1. The fraction of sp³-hybridized carbons (Fsp3) is 0.0476. The van der Waals surface area contributed by atoms with Crippen LogP contribution >= 0.6 is 11.6 Å². The van der Waals surface area contributed by atoms with Crippen LogP contribution in [0.15, 0.2) is 66.7 Å². The van der Waals surface area contributed by atoms with Crippen LogP contribution in [0.25, 0.3) is 0 Å². The molecule has 2 aromatic carbocycles. The van der Waals surface area contributed by atoms with E-state index in [1.807, 2.05) is 0 Å². The lowest BCUT2D eigenvalue weighted by Crippen LogP contribution is -2.18. The maximum atomic E-state index is 12.5. The van der Waals surface area contributed by atoms with Gasteiger partial charge in [0.2, 0.25) is 0 Å². The Balaban J connectivity index is 1.76. The summed E-state index contributed by atoms with van der Waals surface area (Å²) in [4.78, 5) is 40.5.